The van der Waals surface area contributed by atoms with E-state index in [4.69, 9.17) is 0 Å². The summed E-state index contributed by atoms with van der Waals surface area (Å²) in [4.78, 5) is 17.4. The molecule has 0 aromatic heterocycles. The fourth-order valence-electron chi connectivity index (χ4n) is 4.60. The Hall–Kier alpha value is -1.35. The molecule has 21 heavy (non-hydrogen) atoms. The van der Waals surface area contributed by atoms with Crippen molar-refractivity contribution in [2.45, 2.75) is 31.7 Å². The highest BCUT2D eigenvalue weighted by atomic mass is 16.1. The minimum absolute atomic E-state index is 0.354. The van der Waals surface area contributed by atoms with Crippen molar-refractivity contribution in [2.24, 2.45) is 11.8 Å². The van der Waals surface area contributed by atoms with Crippen LogP contribution in [0.25, 0.3) is 0 Å². The Balaban J connectivity index is 1.40. The fraction of sp³-hybridized carbons (Fsp3) is 0.611. The van der Waals surface area contributed by atoms with Gasteiger partial charge in [0.05, 0.1) is 0 Å². The average molecular weight is 284 g/mol. The summed E-state index contributed by atoms with van der Waals surface area (Å²) in [5.41, 5.74) is 1.33. The normalized spacial score (nSPS) is 33.4. The number of carbonyl (C=O) groups is 1. The zero-order chi connectivity index (χ0) is 14.2. The zero-order valence-corrected chi connectivity index (χ0v) is 12.6. The molecule has 112 valence electrons. The highest BCUT2D eigenvalue weighted by Crippen LogP contribution is 2.41. The third-order valence-electron chi connectivity index (χ3n) is 5.77. The number of hydrogen-bond acceptors (Lipinski definition) is 3. The van der Waals surface area contributed by atoms with Gasteiger partial charge in [0.25, 0.3) is 0 Å². The molecule has 1 heterocycles. The Kier molecular flexibility index (Phi) is 3.46. The first-order valence-corrected chi connectivity index (χ1v) is 8.41. The van der Waals surface area contributed by atoms with Crippen LogP contribution < -0.4 is 4.90 Å². The van der Waals surface area contributed by atoms with Crippen LogP contribution in [-0.2, 0) is 4.79 Å². The number of ketones is 1. The summed E-state index contributed by atoms with van der Waals surface area (Å²) in [5.74, 6) is 1.35. The van der Waals surface area contributed by atoms with Crippen LogP contribution >= 0.6 is 0 Å². The molecule has 0 amide bonds. The molecule has 2 aliphatic carbocycles. The molecule has 1 saturated heterocycles. The molecule has 2 bridgehead atoms. The van der Waals surface area contributed by atoms with Gasteiger partial charge >= 0.3 is 0 Å². The molecule has 2 saturated carbocycles. The number of para-hydroxylation sites is 1. The van der Waals surface area contributed by atoms with Crippen LogP contribution in [0.1, 0.15) is 25.7 Å². The van der Waals surface area contributed by atoms with E-state index in [9.17, 15) is 4.79 Å². The first kappa shape index (κ1) is 13.3. The van der Waals surface area contributed by atoms with E-state index in [1.807, 2.05) is 0 Å². The Morgan fingerprint density at radius 3 is 2.33 bits per heavy atom. The summed E-state index contributed by atoms with van der Waals surface area (Å²) < 4.78 is 0. The summed E-state index contributed by atoms with van der Waals surface area (Å²) in [6.45, 7) is 4.39. The van der Waals surface area contributed by atoms with Crippen molar-refractivity contribution in [2.75, 3.05) is 31.1 Å². The lowest BCUT2D eigenvalue weighted by molar-refractivity contribution is -0.128. The van der Waals surface area contributed by atoms with Crippen LogP contribution in [0.4, 0.5) is 5.69 Å². The van der Waals surface area contributed by atoms with Crippen molar-refractivity contribution < 1.29 is 4.79 Å². The first-order valence-electron chi connectivity index (χ1n) is 8.41. The topological polar surface area (TPSA) is 23.6 Å². The lowest BCUT2D eigenvalue weighted by Gasteiger charge is -2.43. The van der Waals surface area contributed by atoms with Crippen molar-refractivity contribution in [3.8, 4) is 0 Å². The summed E-state index contributed by atoms with van der Waals surface area (Å²) >= 11 is 0. The number of piperazine rings is 1. The zero-order valence-electron chi connectivity index (χ0n) is 12.6. The number of benzene rings is 1. The Bertz CT molecular complexity index is 507. The number of carbonyl (C=O) groups excluding carboxylic acids is 1. The number of rotatable bonds is 2. The Labute approximate surface area is 126 Å². The van der Waals surface area contributed by atoms with E-state index in [0.717, 1.165) is 45.4 Å². The largest absolute Gasteiger partial charge is 0.369 e. The van der Waals surface area contributed by atoms with E-state index in [1.165, 1.54) is 12.1 Å². The maximum atomic E-state index is 12.3. The van der Waals surface area contributed by atoms with Gasteiger partial charge in [-0.25, -0.2) is 0 Å². The van der Waals surface area contributed by atoms with Gasteiger partial charge in [0.2, 0.25) is 0 Å². The number of fused-ring (bicyclic) bond motifs is 2. The molecule has 3 nitrogen and oxygen atoms in total. The molecular weight excluding hydrogens is 260 g/mol. The molecule has 3 aliphatic rings. The van der Waals surface area contributed by atoms with Crippen molar-refractivity contribution in [3.63, 3.8) is 0 Å². The minimum atomic E-state index is 0.354. The summed E-state index contributed by atoms with van der Waals surface area (Å²) in [5, 5.41) is 0. The van der Waals surface area contributed by atoms with Gasteiger partial charge in [-0.2, -0.15) is 0 Å². The van der Waals surface area contributed by atoms with E-state index in [1.54, 1.807) is 0 Å². The SMILES string of the molecule is O=C1C2CCC1C(N1CCN(c3ccccc3)CC1)CC2. The van der Waals surface area contributed by atoms with Crippen molar-refractivity contribution in [1.82, 2.24) is 4.90 Å². The number of anilines is 1. The van der Waals surface area contributed by atoms with Crippen molar-refractivity contribution in [1.29, 1.82) is 0 Å². The standard InChI is InChI=1S/C18H24N2O/c21-18-14-6-8-16(18)17(9-7-14)20-12-10-19(11-13-20)15-4-2-1-3-5-15/h1-5,14,16-17H,6-13H2. The monoisotopic (exact) mass is 284 g/mol. The smallest absolute Gasteiger partial charge is 0.140 e. The number of Topliss-reactive ketones (excluding diaryl/α,β-unsaturated/α-hetero) is 1. The predicted octanol–water partition coefficient (Wildman–Crippen LogP) is 2.57. The molecule has 1 aromatic rings. The summed E-state index contributed by atoms with van der Waals surface area (Å²) in [7, 11) is 0. The molecule has 3 atom stereocenters. The maximum Gasteiger partial charge on any atom is 0.140 e. The van der Waals surface area contributed by atoms with Gasteiger partial charge in [-0.15, -0.1) is 0 Å². The fourth-order valence-corrected chi connectivity index (χ4v) is 4.60. The van der Waals surface area contributed by atoms with Crippen LogP contribution in [0.2, 0.25) is 0 Å². The van der Waals surface area contributed by atoms with Gasteiger partial charge in [-0.3, -0.25) is 9.69 Å². The molecule has 1 aliphatic heterocycles. The second-order valence-electron chi connectivity index (χ2n) is 6.79. The van der Waals surface area contributed by atoms with Gasteiger partial charge in [0, 0.05) is 49.7 Å². The summed E-state index contributed by atoms with van der Waals surface area (Å²) in [6.07, 6.45) is 4.68. The van der Waals surface area contributed by atoms with Crippen LogP contribution in [0.15, 0.2) is 30.3 Å². The minimum Gasteiger partial charge on any atom is -0.369 e. The molecule has 3 unspecified atom stereocenters. The first-order chi connectivity index (χ1) is 10.3. The van der Waals surface area contributed by atoms with Gasteiger partial charge in [-0.05, 0) is 37.8 Å². The average Bonchev–Trinajstić information content (AvgIpc) is 2.78. The maximum absolute atomic E-state index is 12.3. The lowest BCUT2D eigenvalue weighted by Crippen LogP contribution is -2.54. The summed E-state index contributed by atoms with van der Waals surface area (Å²) in [6, 6.07) is 11.2. The second-order valence-corrected chi connectivity index (χ2v) is 6.79. The van der Waals surface area contributed by atoms with E-state index < -0.39 is 0 Å². The van der Waals surface area contributed by atoms with Crippen LogP contribution in [0.3, 0.4) is 0 Å². The quantitative estimate of drug-likeness (QED) is 0.834. The van der Waals surface area contributed by atoms with Gasteiger partial charge in [-0.1, -0.05) is 18.2 Å². The highest BCUT2D eigenvalue weighted by molar-refractivity contribution is 5.86. The van der Waals surface area contributed by atoms with E-state index in [0.29, 0.717) is 23.7 Å². The van der Waals surface area contributed by atoms with Crippen molar-refractivity contribution in [3.05, 3.63) is 30.3 Å². The molecular formula is C18H24N2O. The van der Waals surface area contributed by atoms with E-state index >= 15 is 0 Å². The van der Waals surface area contributed by atoms with Crippen LogP contribution in [-0.4, -0.2) is 42.9 Å². The van der Waals surface area contributed by atoms with Gasteiger partial charge < -0.3 is 4.90 Å². The molecule has 3 heteroatoms. The van der Waals surface area contributed by atoms with Crippen molar-refractivity contribution >= 4 is 11.5 Å². The molecule has 0 spiro atoms. The number of nitrogens with zero attached hydrogens (tertiary/aromatic N) is 2. The Morgan fingerprint density at radius 1 is 0.857 bits per heavy atom. The molecule has 3 fully saturated rings. The van der Waals surface area contributed by atoms with E-state index in [2.05, 4.69) is 40.1 Å². The molecule has 4 rings (SSSR count). The third-order valence-corrected chi connectivity index (χ3v) is 5.77. The highest BCUT2D eigenvalue weighted by Gasteiger charge is 2.45. The van der Waals surface area contributed by atoms with Gasteiger partial charge in [0.15, 0.2) is 0 Å². The molecule has 0 radical (unpaired) electrons. The van der Waals surface area contributed by atoms with Crippen LogP contribution in [0.5, 0.6) is 0 Å². The second kappa shape index (κ2) is 5.45. The third kappa shape index (κ3) is 2.38. The predicted molar refractivity (Wildman–Crippen MR) is 84.5 cm³/mol. The van der Waals surface area contributed by atoms with Gasteiger partial charge in [0.1, 0.15) is 5.78 Å². The molecule has 1 aromatic carbocycles. The number of hydrogen-bond donors (Lipinski definition) is 0. The van der Waals surface area contributed by atoms with Crippen LogP contribution in [0, 0.1) is 11.8 Å². The molecule has 0 N–H and O–H groups in total. The van der Waals surface area contributed by atoms with E-state index in [-0.39, 0.29) is 0 Å². The lowest BCUT2D eigenvalue weighted by atomic mass is 9.82. The Morgan fingerprint density at radius 2 is 1.57 bits per heavy atom.